The second-order valence-corrected chi connectivity index (χ2v) is 8.07. The highest BCUT2D eigenvalue weighted by Crippen LogP contribution is 2.32. The molecule has 2 heterocycles. The highest BCUT2D eigenvalue weighted by molar-refractivity contribution is 6.07. The summed E-state index contributed by atoms with van der Waals surface area (Å²) in [5, 5.41) is 9.28. The maximum atomic E-state index is 13.0. The van der Waals surface area contributed by atoms with Gasteiger partial charge >= 0.3 is 0 Å². The second-order valence-electron chi connectivity index (χ2n) is 8.07. The predicted octanol–water partition coefficient (Wildman–Crippen LogP) is 3.65. The zero-order valence-electron chi connectivity index (χ0n) is 17.7. The van der Waals surface area contributed by atoms with Crippen LogP contribution in [0.15, 0.2) is 79.4 Å². The van der Waals surface area contributed by atoms with Crippen molar-refractivity contribution < 1.29 is 9.59 Å². The summed E-state index contributed by atoms with van der Waals surface area (Å²) in [6.07, 6.45) is 3.34. The van der Waals surface area contributed by atoms with E-state index in [0.717, 1.165) is 27.7 Å². The number of nitrogens with zero attached hydrogens (tertiary/aromatic N) is 4. The van der Waals surface area contributed by atoms with E-state index in [4.69, 9.17) is 0 Å². The van der Waals surface area contributed by atoms with Gasteiger partial charge in [0.05, 0.1) is 23.3 Å². The lowest BCUT2D eigenvalue weighted by Gasteiger charge is -2.20. The number of nitrogens with one attached hydrogen (secondary N) is 1. The Hall–Kier alpha value is -4.00. The molecule has 0 bridgehead atoms. The van der Waals surface area contributed by atoms with Gasteiger partial charge in [0, 0.05) is 18.4 Å². The minimum Gasteiger partial charge on any atom is -0.349 e. The van der Waals surface area contributed by atoms with Gasteiger partial charge in [-0.3, -0.25) is 9.59 Å². The maximum absolute atomic E-state index is 13.0. The number of amides is 2. The lowest BCUT2D eigenvalue weighted by Crippen LogP contribution is -2.34. The first kappa shape index (κ1) is 19.9. The van der Waals surface area contributed by atoms with E-state index in [0.29, 0.717) is 6.54 Å². The molecule has 32 heavy (non-hydrogen) atoms. The van der Waals surface area contributed by atoms with Crippen molar-refractivity contribution in [1.82, 2.24) is 20.1 Å². The van der Waals surface area contributed by atoms with Crippen LogP contribution in [-0.4, -0.2) is 33.1 Å². The Labute approximate surface area is 185 Å². The predicted molar refractivity (Wildman–Crippen MR) is 122 cm³/mol. The number of hydrogen-bond acceptors (Lipinski definition) is 4. The molecular formula is C25H23N5O2. The first-order chi connectivity index (χ1) is 15.6. The third-order valence-electron chi connectivity index (χ3n) is 5.99. The molecular weight excluding hydrogens is 402 g/mol. The number of hydrogen-bond donors (Lipinski definition) is 1. The second kappa shape index (κ2) is 8.26. The zero-order chi connectivity index (χ0) is 22.1. The normalized spacial score (nSPS) is 17.0. The third-order valence-corrected chi connectivity index (χ3v) is 5.99. The average Bonchev–Trinajstić information content (AvgIpc) is 3.49. The smallest absolute Gasteiger partial charge is 0.227 e. The monoisotopic (exact) mass is 425 g/mol. The maximum Gasteiger partial charge on any atom is 0.227 e. The van der Waals surface area contributed by atoms with E-state index < -0.39 is 0 Å². The fourth-order valence-corrected chi connectivity index (χ4v) is 4.23. The molecule has 0 radical (unpaired) electrons. The Morgan fingerprint density at radius 1 is 1.06 bits per heavy atom. The number of carbonyl (C=O) groups is 2. The number of fused-ring (bicyclic) bond motifs is 1. The quantitative estimate of drug-likeness (QED) is 0.529. The van der Waals surface area contributed by atoms with Gasteiger partial charge in [-0.1, -0.05) is 48.5 Å². The van der Waals surface area contributed by atoms with Gasteiger partial charge < -0.3 is 10.2 Å². The zero-order valence-corrected chi connectivity index (χ0v) is 17.7. The van der Waals surface area contributed by atoms with Crippen LogP contribution in [0.2, 0.25) is 0 Å². The summed E-state index contributed by atoms with van der Waals surface area (Å²) < 4.78 is 1.68. The summed E-state index contributed by atoms with van der Waals surface area (Å²) in [7, 11) is 0. The molecule has 3 aromatic carbocycles. The molecule has 0 saturated carbocycles. The SMILES string of the molecule is C[C@H](NC(=O)[C@H]1CC(=O)N(c2cccc3ccccc23)C1)c1ccc(-n2cncn2)cc1. The Balaban J connectivity index is 1.27. The standard InChI is InChI=1S/C25H23N5O2/c1-17(18-9-11-21(12-10-18)30-16-26-15-27-30)28-25(32)20-13-24(31)29(14-20)23-8-4-6-19-5-2-3-7-22(19)23/h2-12,15-17,20H,13-14H2,1H3,(H,28,32)/t17-,20-/m0/s1. The third kappa shape index (κ3) is 3.73. The molecule has 1 aliphatic rings. The molecule has 1 N–H and O–H groups in total. The van der Waals surface area contributed by atoms with E-state index in [9.17, 15) is 9.59 Å². The van der Waals surface area contributed by atoms with Crippen molar-refractivity contribution in [3.05, 3.63) is 84.9 Å². The summed E-state index contributed by atoms with van der Waals surface area (Å²) >= 11 is 0. The van der Waals surface area contributed by atoms with Gasteiger partial charge in [-0.05, 0) is 36.1 Å². The van der Waals surface area contributed by atoms with Gasteiger partial charge in [0.2, 0.25) is 11.8 Å². The Morgan fingerprint density at radius 3 is 2.62 bits per heavy atom. The van der Waals surface area contributed by atoms with Crippen LogP contribution >= 0.6 is 0 Å². The largest absolute Gasteiger partial charge is 0.349 e. The Morgan fingerprint density at radius 2 is 1.84 bits per heavy atom. The van der Waals surface area contributed by atoms with E-state index in [-0.39, 0.29) is 30.2 Å². The van der Waals surface area contributed by atoms with Crippen molar-refractivity contribution in [2.24, 2.45) is 5.92 Å². The van der Waals surface area contributed by atoms with Crippen molar-refractivity contribution in [3.63, 3.8) is 0 Å². The first-order valence-corrected chi connectivity index (χ1v) is 10.6. The summed E-state index contributed by atoms with van der Waals surface area (Å²) in [5.74, 6) is -0.501. The molecule has 5 rings (SSSR count). The van der Waals surface area contributed by atoms with Crippen LogP contribution in [-0.2, 0) is 9.59 Å². The highest BCUT2D eigenvalue weighted by Gasteiger charge is 2.36. The van der Waals surface area contributed by atoms with Crippen LogP contribution in [0.4, 0.5) is 5.69 Å². The van der Waals surface area contributed by atoms with Crippen LogP contribution in [0.3, 0.4) is 0 Å². The summed E-state index contributed by atoms with van der Waals surface area (Å²) in [5.41, 5.74) is 2.74. The van der Waals surface area contributed by atoms with E-state index >= 15 is 0 Å². The molecule has 160 valence electrons. The fourth-order valence-electron chi connectivity index (χ4n) is 4.23. The topological polar surface area (TPSA) is 80.1 Å². The van der Waals surface area contributed by atoms with Gasteiger partial charge in [-0.15, -0.1) is 0 Å². The highest BCUT2D eigenvalue weighted by atomic mass is 16.2. The van der Waals surface area contributed by atoms with Gasteiger partial charge in [-0.2, -0.15) is 5.10 Å². The number of benzene rings is 3. The van der Waals surface area contributed by atoms with Crippen LogP contribution in [0.25, 0.3) is 16.5 Å². The molecule has 7 nitrogen and oxygen atoms in total. The van der Waals surface area contributed by atoms with Crippen molar-refractivity contribution in [3.8, 4) is 5.69 Å². The Kier molecular flexibility index (Phi) is 5.15. The van der Waals surface area contributed by atoms with Crippen molar-refractivity contribution in [2.75, 3.05) is 11.4 Å². The molecule has 0 unspecified atom stereocenters. The lowest BCUT2D eigenvalue weighted by molar-refractivity contribution is -0.126. The summed E-state index contributed by atoms with van der Waals surface area (Å²) in [6.45, 7) is 2.33. The van der Waals surface area contributed by atoms with Crippen LogP contribution in [0.1, 0.15) is 24.9 Å². The molecule has 1 saturated heterocycles. The molecule has 2 atom stereocenters. The minimum atomic E-state index is -0.377. The molecule has 1 aromatic heterocycles. The van der Waals surface area contributed by atoms with E-state index in [1.807, 2.05) is 73.7 Å². The minimum absolute atomic E-state index is 0.0219. The molecule has 4 aromatic rings. The molecule has 7 heteroatoms. The number of rotatable bonds is 5. The average molecular weight is 425 g/mol. The molecule has 0 spiro atoms. The van der Waals surface area contributed by atoms with Crippen molar-refractivity contribution >= 4 is 28.3 Å². The molecule has 0 aliphatic carbocycles. The number of carbonyl (C=O) groups excluding carboxylic acids is 2. The fraction of sp³-hybridized carbons (Fsp3) is 0.200. The van der Waals surface area contributed by atoms with Crippen LogP contribution < -0.4 is 10.2 Å². The molecule has 1 fully saturated rings. The van der Waals surface area contributed by atoms with E-state index in [2.05, 4.69) is 15.4 Å². The van der Waals surface area contributed by atoms with Crippen molar-refractivity contribution in [1.29, 1.82) is 0 Å². The Bertz CT molecular complexity index is 1260. The van der Waals surface area contributed by atoms with Gasteiger partial charge in [0.1, 0.15) is 12.7 Å². The number of anilines is 1. The summed E-state index contributed by atoms with van der Waals surface area (Å²) in [6, 6.07) is 21.5. The van der Waals surface area contributed by atoms with Crippen LogP contribution in [0.5, 0.6) is 0 Å². The van der Waals surface area contributed by atoms with E-state index in [1.165, 1.54) is 6.33 Å². The van der Waals surface area contributed by atoms with Gasteiger partial charge in [-0.25, -0.2) is 9.67 Å². The van der Waals surface area contributed by atoms with E-state index in [1.54, 1.807) is 15.9 Å². The molecule has 2 amide bonds. The number of aromatic nitrogens is 3. The van der Waals surface area contributed by atoms with Crippen LogP contribution in [0, 0.1) is 5.92 Å². The summed E-state index contributed by atoms with van der Waals surface area (Å²) in [4.78, 5) is 31.4. The lowest BCUT2D eigenvalue weighted by atomic mass is 10.0. The van der Waals surface area contributed by atoms with Gasteiger partial charge in [0.15, 0.2) is 0 Å². The van der Waals surface area contributed by atoms with Crippen molar-refractivity contribution in [2.45, 2.75) is 19.4 Å². The first-order valence-electron chi connectivity index (χ1n) is 10.6. The van der Waals surface area contributed by atoms with Gasteiger partial charge in [0.25, 0.3) is 0 Å². The molecule has 1 aliphatic heterocycles.